The summed E-state index contributed by atoms with van der Waals surface area (Å²) >= 11 is 0. The number of anilines is 1. The number of aromatic nitrogens is 2. The summed E-state index contributed by atoms with van der Waals surface area (Å²) in [7, 11) is 0. The van der Waals surface area contributed by atoms with E-state index in [4.69, 9.17) is 4.74 Å². The molecule has 18 heavy (non-hydrogen) atoms. The lowest BCUT2D eigenvalue weighted by atomic mass is 10.2. The minimum atomic E-state index is -0.405. The van der Waals surface area contributed by atoms with Gasteiger partial charge in [-0.1, -0.05) is 13.8 Å². The fraction of sp³-hybridized carbons (Fsp3) is 0.583. The van der Waals surface area contributed by atoms with Crippen molar-refractivity contribution in [2.45, 2.75) is 27.3 Å². The monoisotopic (exact) mass is 253 g/mol. The van der Waals surface area contributed by atoms with Crippen LogP contribution in [0.2, 0.25) is 0 Å². The lowest BCUT2D eigenvalue weighted by Crippen LogP contribution is -2.28. The van der Waals surface area contributed by atoms with E-state index in [1.54, 1.807) is 17.7 Å². The van der Waals surface area contributed by atoms with Gasteiger partial charge in [-0.2, -0.15) is 0 Å². The van der Waals surface area contributed by atoms with Crippen molar-refractivity contribution in [1.29, 1.82) is 0 Å². The fourth-order valence-electron chi connectivity index (χ4n) is 1.47. The summed E-state index contributed by atoms with van der Waals surface area (Å²) in [6.45, 7) is 6.67. The molecule has 0 atom stereocenters. The Hall–Kier alpha value is -1.85. The van der Waals surface area contributed by atoms with E-state index in [0.29, 0.717) is 19.1 Å². The van der Waals surface area contributed by atoms with Gasteiger partial charge >= 0.3 is 5.97 Å². The van der Waals surface area contributed by atoms with Gasteiger partial charge in [-0.15, -0.1) is 0 Å². The van der Waals surface area contributed by atoms with Crippen molar-refractivity contribution < 1.29 is 9.53 Å². The molecule has 0 unspecified atom stereocenters. The maximum atomic E-state index is 12.0. The minimum absolute atomic E-state index is 0.0538. The molecular formula is C12H19N3O3. The maximum Gasteiger partial charge on any atom is 0.325 e. The molecule has 1 N–H and O–H groups in total. The van der Waals surface area contributed by atoms with Gasteiger partial charge in [0.25, 0.3) is 5.56 Å². The largest absolute Gasteiger partial charge is 0.465 e. The van der Waals surface area contributed by atoms with Gasteiger partial charge in [-0.3, -0.25) is 9.59 Å². The number of hydrogen-bond donors (Lipinski definition) is 1. The lowest BCUT2D eigenvalue weighted by molar-refractivity contribution is -0.140. The quantitative estimate of drug-likeness (QED) is 0.762. The molecule has 0 radical (unpaired) electrons. The van der Waals surface area contributed by atoms with Crippen LogP contribution in [0.3, 0.4) is 0 Å². The van der Waals surface area contributed by atoms with Crippen LogP contribution >= 0.6 is 0 Å². The van der Waals surface area contributed by atoms with Crippen LogP contribution in [0.25, 0.3) is 0 Å². The summed E-state index contributed by atoms with van der Waals surface area (Å²) in [4.78, 5) is 27.1. The standard InChI is InChI=1S/C12H19N3O3/c1-4-18-10(16)7-14-11-12(17)15(6-5-13-11)8-9(2)3/h5-6,9H,4,7-8H2,1-3H3,(H,13,14). The highest BCUT2D eigenvalue weighted by Gasteiger charge is 2.08. The Morgan fingerprint density at radius 3 is 2.89 bits per heavy atom. The highest BCUT2D eigenvalue weighted by molar-refractivity contribution is 5.74. The summed E-state index contributed by atoms with van der Waals surface area (Å²) in [6, 6.07) is 0. The van der Waals surface area contributed by atoms with Gasteiger partial charge in [0.2, 0.25) is 0 Å². The molecule has 0 aromatic carbocycles. The molecule has 1 rings (SSSR count). The highest BCUT2D eigenvalue weighted by atomic mass is 16.5. The fourth-order valence-corrected chi connectivity index (χ4v) is 1.47. The number of hydrogen-bond acceptors (Lipinski definition) is 5. The first-order valence-electron chi connectivity index (χ1n) is 5.99. The van der Waals surface area contributed by atoms with Gasteiger partial charge in [-0.25, -0.2) is 4.98 Å². The van der Waals surface area contributed by atoms with Crippen molar-refractivity contribution in [3.05, 3.63) is 22.7 Å². The third-order valence-corrected chi connectivity index (χ3v) is 2.18. The van der Waals surface area contributed by atoms with Crippen molar-refractivity contribution >= 4 is 11.8 Å². The number of rotatable bonds is 6. The molecule has 0 bridgehead atoms. The lowest BCUT2D eigenvalue weighted by Gasteiger charge is -2.10. The average molecular weight is 253 g/mol. The normalized spacial score (nSPS) is 10.4. The molecule has 0 saturated heterocycles. The molecule has 0 spiro atoms. The first kappa shape index (κ1) is 14.2. The second-order valence-electron chi connectivity index (χ2n) is 4.29. The topological polar surface area (TPSA) is 73.2 Å². The van der Waals surface area contributed by atoms with Crippen LogP contribution in [-0.2, 0) is 16.1 Å². The summed E-state index contributed by atoms with van der Waals surface area (Å²) < 4.78 is 6.33. The zero-order valence-corrected chi connectivity index (χ0v) is 11.0. The third kappa shape index (κ3) is 4.20. The Balaban J connectivity index is 2.72. The van der Waals surface area contributed by atoms with E-state index < -0.39 is 5.97 Å². The van der Waals surface area contributed by atoms with Gasteiger partial charge in [0.15, 0.2) is 5.82 Å². The summed E-state index contributed by atoms with van der Waals surface area (Å²) in [5, 5.41) is 2.69. The van der Waals surface area contributed by atoms with Gasteiger partial charge in [0.05, 0.1) is 6.61 Å². The van der Waals surface area contributed by atoms with Crippen LogP contribution in [-0.4, -0.2) is 28.7 Å². The Kier molecular flexibility index (Phi) is 5.35. The minimum Gasteiger partial charge on any atom is -0.465 e. The zero-order valence-electron chi connectivity index (χ0n) is 11.0. The van der Waals surface area contributed by atoms with E-state index in [9.17, 15) is 9.59 Å². The van der Waals surface area contributed by atoms with Crippen LogP contribution < -0.4 is 10.9 Å². The molecule has 1 aromatic rings. The van der Waals surface area contributed by atoms with E-state index in [2.05, 4.69) is 10.3 Å². The Morgan fingerprint density at radius 2 is 2.28 bits per heavy atom. The molecule has 0 aliphatic carbocycles. The number of carbonyl (C=O) groups excluding carboxylic acids is 1. The first-order chi connectivity index (χ1) is 8.54. The average Bonchev–Trinajstić information content (AvgIpc) is 2.30. The second kappa shape index (κ2) is 6.78. The Labute approximate surface area is 106 Å². The molecule has 6 nitrogen and oxygen atoms in total. The van der Waals surface area contributed by atoms with Crippen molar-refractivity contribution in [1.82, 2.24) is 9.55 Å². The maximum absolute atomic E-state index is 12.0. The highest BCUT2D eigenvalue weighted by Crippen LogP contribution is 1.98. The first-order valence-corrected chi connectivity index (χ1v) is 5.99. The zero-order chi connectivity index (χ0) is 13.5. The second-order valence-corrected chi connectivity index (χ2v) is 4.29. The number of esters is 1. The van der Waals surface area contributed by atoms with E-state index >= 15 is 0 Å². The van der Waals surface area contributed by atoms with E-state index in [1.165, 1.54) is 6.20 Å². The predicted octanol–water partition coefficient (Wildman–Crippen LogP) is 0.874. The molecule has 0 saturated carbocycles. The predicted molar refractivity (Wildman–Crippen MR) is 68.5 cm³/mol. The van der Waals surface area contributed by atoms with Gasteiger partial charge in [0.1, 0.15) is 6.54 Å². The number of carbonyl (C=O) groups is 1. The van der Waals surface area contributed by atoms with Crippen molar-refractivity contribution in [3.63, 3.8) is 0 Å². The van der Waals surface area contributed by atoms with E-state index in [0.717, 1.165) is 0 Å². The molecule has 100 valence electrons. The summed E-state index contributed by atoms with van der Waals surface area (Å²) in [5.41, 5.74) is -0.226. The van der Waals surface area contributed by atoms with E-state index in [1.807, 2.05) is 13.8 Å². The molecule has 6 heteroatoms. The molecule has 0 fully saturated rings. The number of nitrogens with one attached hydrogen (secondary N) is 1. The SMILES string of the molecule is CCOC(=O)CNc1nccn(CC(C)C)c1=O. The molecule has 1 aromatic heterocycles. The van der Waals surface area contributed by atoms with Gasteiger partial charge in [-0.05, 0) is 12.8 Å². The van der Waals surface area contributed by atoms with Crippen molar-refractivity contribution in [2.24, 2.45) is 5.92 Å². The van der Waals surface area contributed by atoms with Crippen LogP contribution in [0.5, 0.6) is 0 Å². The smallest absolute Gasteiger partial charge is 0.325 e. The Morgan fingerprint density at radius 1 is 1.56 bits per heavy atom. The van der Waals surface area contributed by atoms with Crippen molar-refractivity contribution in [2.75, 3.05) is 18.5 Å². The van der Waals surface area contributed by atoms with Crippen LogP contribution in [0.4, 0.5) is 5.82 Å². The number of ether oxygens (including phenoxy) is 1. The van der Waals surface area contributed by atoms with Crippen LogP contribution in [0, 0.1) is 5.92 Å². The molecule has 1 heterocycles. The third-order valence-electron chi connectivity index (χ3n) is 2.18. The van der Waals surface area contributed by atoms with Crippen LogP contribution in [0.1, 0.15) is 20.8 Å². The number of nitrogens with zero attached hydrogens (tertiary/aromatic N) is 2. The summed E-state index contributed by atoms with van der Waals surface area (Å²) in [5.74, 6) is 0.132. The van der Waals surface area contributed by atoms with Gasteiger partial charge < -0.3 is 14.6 Å². The molecule has 0 aliphatic rings. The molecular weight excluding hydrogens is 234 g/mol. The molecule has 0 aliphatic heterocycles. The Bertz CT molecular complexity index is 454. The van der Waals surface area contributed by atoms with Crippen LogP contribution in [0.15, 0.2) is 17.2 Å². The van der Waals surface area contributed by atoms with Crippen molar-refractivity contribution in [3.8, 4) is 0 Å². The molecule has 0 amide bonds. The summed E-state index contributed by atoms with van der Waals surface area (Å²) in [6.07, 6.45) is 3.18. The van der Waals surface area contributed by atoms with E-state index in [-0.39, 0.29) is 17.9 Å². The van der Waals surface area contributed by atoms with Gasteiger partial charge in [0, 0.05) is 18.9 Å².